The SMILES string of the molecule is CC(C)(C)N1CC(C(=O)N2CCC(C(=O)N3CCN(c4ccc(F)cc4)CC3)CC2)CC1=O. The van der Waals surface area contributed by atoms with E-state index in [2.05, 4.69) is 4.90 Å². The van der Waals surface area contributed by atoms with Crippen LogP contribution < -0.4 is 4.90 Å². The molecule has 3 fully saturated rings. The zero-order valence-electron chi connectivity index (χ0n) is 19.9. The van der Waals surface area contributed by atoms with E-state index in [9.17, 15) is 18.8 Å². The van der Waals surface area contributed by atoms with E-state index in [1.807, 2.05) is 30.6 Å². The number of rotatable bonds is 3. The highest BCUT2D eigenvalue weighted by molar-refractivity contribution is 5.90. The van der Waals surface area contributed by atoms with Crippen LogP contribution in [0.15, 0.2) is 24.3 Å². The van der Waals surface area contributed by atoms with Crippen molar-refractivity contribution in [3.05, 3.63) is 30.1 Å². The summed E-state index contributed by atoms with van der Waals surface area (Å²) in [5.41, 5.74) is 0.706. The predicted octanol–water partition coefficient (Wildman–Crippen LogP) is 2.36. The summed E-state index contributed by atoms with van der Waals surface area (Å²) in [6.07, 6.45) is 1.63. The van der Waals surface area contributed by atoms with Crippen molar-refractivity contribution in [2.75, 3.05) is 50.7 Å². The normalized spacial score (nSPS) is 22.8. The van der Waals surface area contributed by atoms with Gasteiger partial charge in [0.2, 0.25) is 17.7 Å². The van der Waals surface area contributed by atoms with Gasteiger partial charge >= 0.3 is 0 Å². The van der Waals surface area contributed by atoms with Gasteiger partial charge in [0, 0.05) is 69.4 Å². The molecule has 1 unspecified atom stereocenters. The third kappa shape index (κ3) is 5.14. The van der Waals surface area contributed by atoms with Crippen LogP contribution in [0.3, 0.4) is 0 Å². The molecule has 3 aliphatic heterocycles. The summed E-state index contributed by atoms with van der Waals surface area (Å²) in [5, 5.41) is 0. The lowest BCUT2D eigenvalue weighted by Crippen LogP contribution is -2.52. The van der Waals surface area contributed by atoms with Crippen LogP contribution in [0.1, 0.15) is 40.0 Å². The molecule has 3 heterocycles. The van der Waals surface area contributed by atoms with Crippen molar-refractivity contribution in [1.82, 2.24) is 14.7 Å². The molecular formula is C25H35FN4O3. The topological polar surface area (TPSA) is 64.2 Å². The van der Waals surface area contributed by atoms with Crippen molar-refractivity contribution in [2.24, 2.45) is 11.8 Å². The summed E-state index contributed by atoms with van der Waals surface area (Å²) >= 11 is 0. The molecule has 3 aliphatic rings. The van der Waals surface area contributed by atoms with E-state index < -0.39 is 0 Å². The molecule has 1 aromatic carbocycles. The van der Waals surface area contributed by atoms with Gasteiger partial charge in [-0.2, -0.15) is 0 Å². The van der Waals surface area contributed by atoms with E-state index in [0.717, 1.165) is 18.8 Å². The monoisotopic (exact) mass is 458 g/mol. The quantitative estimate of drug-likeness (QED) is 0.698. The molecule has 0 saturated carbocycles. The van der Waals surface area contributed by atoms with E-state index in [0.29, 0.717) is 45.6 Å². The molecular weight excluding hydrogens is 423 g/mol. The highest BCUT2D eigenvalue weighted by Crippen LogP contribution is 2.29. The lowest BCUT2D eigenvalue weighted by Gasteiger charge is -2.39. The van der Waals surface area contributed by atoms with Gasteiger partial charge in [0.25, 0.3) is 0 Å². The van der Waals surface area contributed by atoms with Crippen molar-refractivity contribution in [3.63, 3.8) is 0 Å². The first kappa shape index (κ1) is 23.5. The molecule has 0 bridgehead atoms. The molecule has 3 saturated heterocycles. The van der Waals surface area contributed by atoms with Crippen LogP contribution >= 0.6 is 0 Å². The van der Waals surface area contributed by atoms with Gasteiger partial charge in [-0.15, -0.1) is 0 Å². The molecule has 0 spiro atoms. The van der Waals surface area contributed by atoms with Crippen LogP contribution in [0.5, 0.6) is 0 Å². The number of benzene rings is 1. The number of halogens is 1. The van der Waals surface area contributed by atoms with Crippen molar-refractivity contribution in [1.29, 1.82) is 0 Å². The van der Waals surface area contributed by atoms with Gasteiger partial charge in [-0.1, -0.05) is 0 Å². The summed E-state index contributed by atoms with van der Waals surface area (Å²) in [6, 6.07) is 6.48. The lowest BCUT2D eigenvalue weighted by molar-refractivity contribution is -0.142. The van der Waals surface area contributed by atoms with Crippen molar-refractivity contribution < 1.29 is 18.8 Å². The van der Waals surface area contributed by atoms with Gasteiger partial charge in [0.15, 0.2) is 0 Å². The molecule has 1 aromatic rings. The number of piperazine rings is 1. The first-order valence-corrected chi connectivity index (χ1v) is 12.0. The van der Waals surface area contributed by atoms with E-state index in [4.69, 9.17) is 0 Å². The van der Waals surface area contributed by atoms with E-state index in [1.54, 1.807) is 17.0 Å². The van der Waals surface area contributed by atoms with Gasteiger partial charge in [-0.3, -0.25) is 14.4 Å². The third-order valence-corrected chi connectivity index (χ3v) is 7.22. The molecule has 33 heavy (non-hydrogen) atoms. The van der Waals surface area contributed by atoms with Crippen LogP contribution in [0, 0.1) is 17.7 Å². The molecule has 0 radical (unpaired) electrons. The second-order valence-corrected chi connectivity index (χ2v) is 10.5. The van der Waals surface area contributed by atoms with E-state index in [-0.39, 0.29) is 47.3 Å². The number of nitrogens with zero attached hydrogens (tertiary/aromatic N) is 4. The molecule has 4 rings (SSSR count). The number of anilines is 1. The van der Waals surface area contributed by atoms with Crippen molar-refractivity contribution in [3.8, 4) is 0 Å². The highest BCUT2D eigenvalue weighted by Gasteiger charge is 2.42. The molecule has 0 N–H and O–H groups in total. The fourth-order valence-electron chi connectivity index (χ4n) is 5.22. The average Bonchev–Trinajstić information content (AvgIpc) is 3.21. The number of carbonyl (C=O) groups excluding carboxylic acids is 3. The molecule has 0 aliphatic carbocycles. The van der Waals surface area contributed by atoms with Gasteiger partial charge in [-0.25, -0.2) is 4.39 Å². The first-order valence-electron chi connectivity index (χ1n) is 12.0. The first-order chi connectivity index (χ1) is 15.6. The minimum absolute atomic E-state index is 0.0469. The lowest BCUT2D eigenvalue weighted by atomic mass is 9.93. The fraction of sp³-hybridized carbons (Fsp3) is 0.640. The Balaban J connectivity index is 1.24. The van der Waals surface area contributed by atoms with Crippen molar-refractivity contribution in [2.45, 2.75) is 45.6 Å². The molecule has 7 nitrogen and oxygen atoms in total. The second-order valence-electron chi connectivity index (χ2n) is 10.5. The maximum atomic E-state index is 13.2. The Bertz CT molecular complexity index is 882. The maximum absolute atomic E-state index is 13.2. The zero-order chi connectivity index (χ0) is 23.8. The largest absolute Gasteiger partial charge is 0.368 e. The Morgan fingerprint density at radius 2 is 1.39 bits per heavy atom. The molecule has 180 valence electrons. The Morgan fingerprint density at radius 1 is 0.848 bits per heavy atom. The van der Waals surface area contributed by atoms with Gasteiger partial charge < -0.3 is 19.6 Å². The van der Waals surface area contributed by atoms with Crippen molar-refractivity contribution >= 4 is 23.4 Å². The molecule has 1 atom stereocenters. The van der Waals surface area contributed by atoms with E-state index in [1.165, 1.54) is 12.1 Å². The minimum atomic E-state index is -0.275. The van der Waals surface area contributed by atoms with Gasteiger partial charge in [0.1, 0.15) is 5.82 Å². The maximum Gasteiger partial charge on any atom is 0.227 e. The summed E-state index contributed by atoms with van der Waals surface area (Å²) in [6.45, 7) is 10.4. The molecule has 0 aromatic heterocycles. The molecule has 8 heteroatoms. The zero-order valence-corrected chi connectivity index (χ0v) is 19.9. The highest BCUT2D eigenvalue weighted by atomic mass is 19.1. The van der Waals surface area contributed by atoms with Crippen LogP contribution in [-0.2, 0) is 14.4 Å². The fourth-order valence-corrected chi connectivity index (χ4v) is 5.22. The smallest absolute Gasteiger partial charge is 0.227 e. The Hall–Kier alpha value is -2.64. The van der Waals surface area contributed by atoms with Crippen LogP contribution in [0.2, 0.25) is 0 Å². The number of hydrogen-bond donors (Lipinski definition) is 0. The van der Waals surface area contributed by atoms with Crippen LogP contribution in [0.25, 0.3) is 0 Å². The number of likely N-dealkylation sites (tertiary alicyclic amines) is 2. The van der Waals surface area contributed by atoms with Gasteiger partial charge in [-0.05, 0) is 57.9 Å². The van der Waals surface area contributed by atoms with Gasteiger partial charge in [0.05, 0.1) is 5.92 Å². The molecule has 3 amide bonds. The average molecular weight is 459 g/mol. The number of carbonyl (C=O) groups is 3. The number of piperidine rings is 1. The summed E-state index contributed by atoms with van der Waals surface area (Å²) in [5.74, 6) is -0.301. The number of amides is 3. The second kappa shape index (κ2) is 9.31. The number of hydrogen-bond acceptors (Lipinski definition) is 4. The summed E-state index contributed by atoms with van der Waals surface area (Å²) in [4.78, 5) is 46.2. The van der Waals surface area contributed by atoms with Crippen LogP contribution in [-0.4, -0.2) is 83.8 Å². The van der Waals surface area contributed by atoms with Crippen LogP contribution in [0.4, 0.5) is 10.1 Å². The Morgan fingerprint density at radius 3 is 1.94 bits per heavy atom. The standard InChI is InChI=1S/C25H35FN4O3/c1-25(2,3)30-17-19(16-22(30)31)24(33)28-10-8-18(9-11-28)23(32)29-14-12-27(13-15-29)21-6-4-20(26)5-7-21/h4-7,18-19H,8-17H2,1-3H3. The van der Waals surface area contributed by atoms with E-state index >= 15 is 0 Å². The predicted molar refractivity (Wildman–Crippen MR) is 124 cm³/mol. The minimum Gasteiger partial charge on any atom is -0.368 e. The Kier molecular flexibility index (Phi) is 6.64. The Labute approximate surface area is 195 Å². The summed E-state index contributed by atoms with van der Waals surface area (Å²) < 4.78 is 13.2. The summed E-state index contributed by atoms with van der Waals surface area (Å²) in [7, 11) is 0. The third-order valence-electron chi connectivity index (χ3n) is 7.22.